The van der Waals surface area contributed by atoms with Gasteiger partial charge in [0, 0.05) is 23.0 Å². The fraction of sp³-hybridized carbons (Fsp3) is 0.273. The van der Waals surface area contributed by atoms with Gasteiger partial charge in [0.25, 0.3) is 0 Å². The molecule has 0 aromatic carbocycles. The summed E-state index contributed by atoms with van der Waals surface area (Å²) < 4.78 is 6.21. The number of halogens is 2. The number of ether oxygens (including phenoxy) is 1. The number of aromatic nitrogens is 2. The molecule has 17 heavy (non-hydrogen) atoms. The van der Waals surface area contributed by atoms with Crippen molar-refractivity contribution in [2.45, 2.75) is 11.2 Å². The Morgan fingerprint density at radius 2 is 2.24 bits per heavy atom. The van der Waals surface area contributed by atoms with Crippen molar-refractivity contribution >= 4 is 43.2 Å². The van der Waals surface area contributed by atoms with Crippen molar-refractivity contribution < 1.29 is 4.74 Å². The van der Waals surface area contributed by atoms with Crippen molar-refractivity contribution in [1.82, 2.24) is 9.97 Å². The molecule has 2 aromatic rings. The molecule has 3 nitrogen and oxygen atoms in total. The highest BCUT2D eigenvalue weighted by Crippen LogP contribution is 2.32. The van der Waals surface area contributed by atoms with Gasteiger partial charge in [-0.25, -0.2) is 9.97 Å². The average molecular weight is 378 g/mol. The van der Waals surface area contributed by atoms with Crippen LogP contribution in [-0.2, 0) is 6.42 Å². The fourth-order valence-corrected chi connectivity index (χ4v) is 3.39. The molecule has 6 heteroatoms. The third-order valence-electron chi connectivity index (χ3n) is 2.25. The normalized spacial score (nSPS) is 12.4. The first-order valence-electron chi connectivity index (χ1n) is 4.92. The van der Waals surface area contributed by atoms with Crippen LogP contribution in [0.25, 0.3) is 0 Å². The highest BCUT2D eigenvalue weighted by Gasteiger charge is 2.11. The third-order valence-corrected chi connectivity index (χ3v) is 4.62. The zero-order valence-electron chi connectivity index (χ0n) is 9.06. The number of nitrogens with zero attached hydrogens (tertiary/aromatic N) is 2. The number of methoxy groups -OCH3 is 1. The van der Waals surface area contributed by atoms with Gasteiger partial charge >= 0.3 is 0 Å². The summed E-state index contributed by atoms with van der Waals surface area (Å²) in [4.78, 5) is 8.47. The largest absolute Gasteiger partial charge is 0.481 e. The Balaban J connectivity index is 2.09. The van der Waals surface area contributed by atoms with Gasteiger partial charge in [0.15, 0.2) is 0 Å². The van der Waals surface area contributed by atoms with Crippen LogP contribution in [0.5, 0.6) is 5.88 Å². The van der Waals surface area contributed by atoms with E-state index < -0.39 is 0 Å². The van der Waals surface area contributed by atoms with E-state index in [4.69, 9.17) is 4.74 Å². The van der Waals surface area contributed by atoms with Crippen molar-refractivity contribution in [1.29, 1.82) is 0 Å². The predicted octanol–water partition coefficient (Wildman–Crippen LogP) is 3.99. The minimum atomic E-state index is 0.254. The van der Waals surface area contributed by atoms with E-state index in [-0.39, 0.29) is 4.83 Å². The van der Waals surface area contributed by atoms with Gasteiger partial charge in [-0.15, -0.1) is 11.3 Å². The molecule has 2 rings (SSSR count). The van der Waals surface area contributed by atoms with Crippen molar-refractivity contribution in [2.24, 2.45) is 0 Å². The van der Waals surface area contributed by atoms with Gasteiger partial charge in [-0.3, -0.25) is 0 Å². The first-order valence-corrected chi connectivity index (χ1v) is 7.51. The minimum Gasteiger partial charge on any atom is -0.481 e. The van der Waals surface area contributed by atoms with Gasteiger partial charge in [-0.05, 0) is 32.9 Å². The smallest absolute Gasteiger partial charge is 0.216 e. The summed E-state index contributed by atoms with van der Waals surface area (Å²) in [7, 11) is 1.60. The lowest BCUT2D eigenvalue weighted by molar-refractivity contribution is 0.396. The Morgan fingerprint density at radius 1 is 1.41 bits per heavy atom. The van der Waals surface area contributed by atoms with E-state index in [1.54, 1.807) is 18.4 Å². The molecule has 0 aliphatic heterocycles. The molecule has 1 unspecified atom stereocenters. The second kappa shape index (κ2) is 5.93. The molecule has 0 N–H and O–H groups in total. The maximum Gasteiger partial charge on any atom is 0.216 e. The monoisotopic (exact) mass is 376 g/mol. The number of thiophene rings is 1. The van der Waals surface area contributed by atoms with Gasteiger partial charge < -0.3 is 4.74 Å². The van der Waals surface area contributed by atoms with Gasteiger partial charge in [0.2, 0.25) is 5.88 Å². The van der Waals surface area contributed by atoms with Crippen LogP contribution < -0.4 is 4.74 Å². The summed E-state index contributed by atoms with van der Waals surface area (Å²) >= 11 is 8.81. The van der Waals surface area contributed by atoms with Gasteiger partial charge in [-0.2, -0.15) is 0 Å². The van der Waals surface area contributed by atoms with Crippen LogP contribution in [-0.4, -0.2) is 17.1 Å². The standard InChI is InChI=1S/C11H10Br2N2OS/c1-16-11-4-8(14-6-15-11)3-9(12)7-2-10(13)17-5-7/h2,4-6,9H,3H2,1H3. The van der Waals surface area contributed by atoms with Crippen LogP contribution in [0.2, 0.25) is 0 Å². The Hall–Kier alpha value is -0.460. The van der Waals surface area contributed by atoms with E-state index in [1.165, 1.54) is 11.9 Å². The van der Waals surface area contributed by atoms with Crippen LogP contribution in [0.1, 0.15) is 16.1 Å². The summed E-state index contributed by atoms with van der Waals surface area (Å²) in [6.07, 6.45) is 2.33. The molecule has 0 aliphatic carbocycles. The van der Waals surface area contributed by atoms with Crippen LogP contribution in [0.4, 0.5) is 0 Å². The number of rotatable bonds is 4. The summed E-state index contributed by atoms with van der Waals surface area (Å²) in [6.45, 7) is 0. The van der Waals surface area contributed by atoms with Crippen molar-refractivity contribution in [3.05, 3.63) is 38.9 Å². The summed E-state index contributed by atoms with van der Waals surface area (Å²) in [5.74, 6) is 0.598. The molecule has 90 valence electrons. The molecule has 2 aromatic heterocycles. The Bertz CT molecular complexity index is 504. The van der Waals surface area contributed by atoms with Crippen LogP contribution in [0.15, 0.2) is 27.6 Å². The molecule has 1 atom stereocenters. The maximum absolute atomic E-state index is 5.07. The van der Waals surface area contributed by atoms with E-state index in [0.29, 0.717) is 5.88 Å². The molecule has 0 bridgehead atoms. The van der Waals surface area contributed by atoms with E-state index in [9.17, 15) is 0 Å². The zero-order chi connectivity index (χ0) is 12.3. The lowest BCUT2D eigenvalue weighted by Crippen LogP contribution is -1.98. The average Bonchev–Trinajstić information content (AvgIpc) is 2.76. The molecule has 0 saturated carbocycles. The Kier molecular flexibility index (Phi) is 4.53. The summed E-state index contributed by atoms with van der Waals surface area (Å²) in [5.41, 5.74) is 2.21. The quantitative estimate of drug-likeness (QED) is 0.755. The fourth-order valence-electron chi connectivity index (χ4n) is 1.39. The molecule has 0 spiro atoms. The molecule has 0 amide bonds. The molecule has 0 aliphatic rings. The van der Waals surface area contributed by atoms with Gasteiger partial charge in [-0.1, -0.05) is 15.9 Å². The highest BCUT2D eigenvalue weighted by atomic mass is 79.9. The first-order chi connectivity index (χ1) is 8.19. The van der Waals surface area contributed by atoms with Crippen LogP contribution in [0.3, 0.4) is 0 Å². The molecular formula is C11H10Br2N2OS. The van der Waals surface area contributed by atoms with Gasteiger partial charge in [0.1, 0.15) is 6.33 Å². The SMILES string of the molecule is COc1cc(CC(Br)c2csc(Br)c2)ncn1. The predicted molar refractivity (Wildman–Crippen MR) is 76.0 cm³/mol. The maximum atomic E-state index is 5.07. The van der Waals surface area contributed by atoms with Crippen molar-refractivity contribution in [3.63, 3.8) is 0 Å². The minimum absolute atomic E-state index is 0.254. The number of alkyl halides is 1. The van der Waals surface area contributed by atoms with Crippen LogP contribution in [0, 0.1) is 0 Å². The lowest BCUT2D eigenvalue weighted by Gasteiger charge is -2.07. The second-order valence-electron chi connectivity index (χ2n) is 3.41. The first kappa shape index (κ1) is 13.0. The van der Waals surface area contributed by atoms with E-state index >= 15 is 0 Å². The highest BCUT2D eigenvalue weighted by molar-refractivity contribution is 9.11. The summed E-state index contributed by atoms with van der Waals surface area (Å²) in [5, 5.41) is 2.13. The molecule has 0 saturated heterocycles. The lowest BCUT2D eigenvalue weighted by atomic mass is 10.1. The molecular weight excluding hydrogens is 368 g/mol. The number of hydrogen-bond donors (Lipinski definition) is 0. The van der Waals surface area contributed by atoms with E-state index in [0.717, 1.165) is 15.9 Å². The third kappa shape index (κ3) is 3.50. The Labute approximate surface area is 121 Å². The Morgan fingerprint density at radius 3 is 2.88 bits per heavy atom. The molecule has 0 radical (unpaired) electrons. The van der Waals surface area contributed by atoms with E-state index in [1.807, 2.05) is 6.07 Å². The second-order valence-corrected chi connectivity index (χ2v) is 6.80. The van der Waals surface area contributed by atoms with Crippen molar-refractivity contribution in [2.75, 3.05) is 7.11 Å². The molecule has 0 fully saturated rings. The van der Waals surface area contributed by atoms with Crippen LogP contribution >= 0.6 is 43.2 Å². The topological polar surface area (TPSA) is 35.0 Å². The molecule has 2 heterocycles. The van der Waals surface area contributed by atoms with Crippen molar-refractivity contribution in [3.8, 4) is 5.88 Å². The summed E-state index contributed by atoms with van der Waals surface area (Å²) in [6, 6.07) is 3.97. The van der Waals surface area contributed by atoms with E-state index in [2.05, 4.69) is 53.3 Å². The van der Waals surface area contributed by atoms with Gasteiger partial charge in [0.05, 0.1) is 10.9 Å². The zero-order valence-corrected chi connectivity index (χ0v) is 13.0. The number of hydrogen-bond acceptors (Lipinski definition) is 4.